The number of hydrogen-bond acceptors (Lipinski definition) is 4. The molecule has 0 saturated heterocycles. The van der Waals surface area contributed by atoms with E-state index in [0.29, 0.717) is 0 Å². The lowest BCUT2D eigenvalue weighted by Crippen LogP contribution is -2.38. The fraction of sp³-hybridized carbons (Fsp3) is 0.467. The van der Waals surface area contributed by atoms with Crippen LogP contribution in [-0.2, 0) is 4.74 Å². The first-order chi connectivity index (χ1) is 11.0. The highest BCUT2D eigenvalue weighted by molar-refractivity contribution is 8.00. The largest absolute Gasteiger partial charge is 0.446 e. The van der Waals surface area contributed by atoms with Gasteiger partial charge in [-0.05, 0) is 44.7 Å². The van der Waals surface area contributed by atoms with Crippen LogP contribution in [0.2, 0.25) is 0 Å². The molecule has 0 spiro atoms. The Hall–Kier alpha value is -1.90. The van der Waals surface area contributed by atoms with E-state index < -0.39 is 23.1 Å². The van der Waals surface area contributed by atoms with Crippen LogP contribution in [0.25, 0.3) is 0 Å². The number of ether oxygens (including phenoxy) is 1. The number of nitrogens with one attached hydrogen (secondary N) is 2. The van der Waals surface area contributed by atoms with E-state index in [1.807, 2.05) is 0 Å². The standard InChI is InChI=1S/C15H19F3N2O3S/c1-14(2,3)23-13(22)20-9-8-19-12(21)10-6-4-5-7-11(10)24-15(16,17)18/h4-7H,8-9H2,1-3H3,(H,19,21)(H,20,22). The minimum absolute atomic E-state index is 0.0586. The third-order valence-electron chi connectivity index (χ3n) is 2.44. The minimum Gasteiger partial charge on any atom is -0.444 e. The highest BCUT2D eigenvalue weighted by Crippen LogP contribution is 2.38. The van der Waals surface area contributed by atoms with Gasteiger partial charge in [0.25, 0.3) is 5.91 Å². The maximum Gasteiger partial charge on any atom is 0.446 e. The van der Waals surface area contributed by atoms with Crippen molar-refractivity contribution in [3.63, 3.8) is 0 Å². The molecule has 0 aliphatic heterocycles. The van der Waals surface area contributed by atoms with Crippen molar-refractivity contribution in [2.24, 2.45) is 0 Å². The van der Waals surface area contributed by atoms with E-state index in [0.717, 1.165) is 0 Å². The van der Waals surface area contributed by atoms with Gasteiger partial charge in [-0.15, -0.1) is 0 Å². The number of alkyl carbamates (subject to hydrolysis) is 1. The lowest BCUT2D eigenvalue weighted by molar-refractivity contribution is -0.0328. The maximum atomic E-state index is 12.5. The molecular formula is C15H19F3N2O3S. The van der Waals surface area contributed by atoms with Crippen LogP contribution in [0.15, 0.2) is 29.2 Å². The summed E-state index contributed by atoms with van der Waals surface area (Å²) in [5, 5.41) is 4.89. The predicted molar refractivity (Wildman–Crippen MR) is 84.9 cm³/mol. The third kappa shape index (κ3) is 8.09. The molecule has 0 atom stereocenters. The first-order valence-electron chi connectivity index (χ1n) is 7.08. The number of alkyl halides is 3. The maximum absolute atomic E-state index is 12.5. The summed E-state index contributed by atoms with van der Waals surface area (Å²) in [6.45, 7) is 5.29. The molecule has 0 saturated carbocycles. The lowest BCUT2D eigenvalue weighted by Gasteiger charge is -2.19. The van der Waals surface area contributed by atoms with Crippen LogP contribution in [0.5, 0.6) is 0 Å². The lowest BCUT2D eigenvalue weighted by atomic mass is 10.2. The Morgan fingerprint density at radius 1 is 1.08 bits per heavy atom. The van der Waals surface area contributed by atoms with Gasteiger partial charge in [-0.25, -0.2) is 4.79 Å². The highest BCUT2D eigenvalue weighted by atomic mass is 32.2. The molecule has 1 aromatic carbocycles. The van der Waals surface area contributed by atoms with Crippen molar-refractivity contribution in [1.82, 2.24) is 10.6 Å². The SMILES string of the molecule is CC(C)(C)OC(=O)NCCNC(=O)c1ccccc1SC(F)(F)F. The fourth-order valence-electron chi connectivity index (χ4n) is 1.62. The average Bonchev–Trinajstić information content (AvgIpc) is 2.40. The molecule has 1 aromatic rings. The van der Waals surface area contributed by atoms with Crippen LogP contribution >= 0.6 is 11.8 Å². The van der Waals surface area contributed by atoms with Gasteiger partial charge in [0.2, 0.25) is 0 Å². The van der Waals surface area contributed by atoms with Gasteiger partial charge in [0.1, 0.15) is 5.60 Å². The zero-order chi connectivity index (χ0) is 18.4. The summed E-state index contributed by atoms with van der Waals surface area (Å²) in [7, 11) is 0. The van der Waals surface area contributed by atoms with E-state index in [4.69, 9.17) is 4.74 Å². The van der Waals surface area contributed by atoms with Crippen molar-refractivity contribution in [3.05, 3.63) is 29.8 Å². The molecule has 0 fully saturated rings. The molecule has 0 radical (unpaired) electrons. The summed E-state index contributed by atoms with van der Waals surface area (Å²) in [6, 6.07) is 5.44. The van der Waals surface area contributed by atoms with E-state index in [-0.39, 0.29) is 35.3 Å². The molecule has 0 aliphatic carbocycles. The molecular weight excluding hydrogens is 345 g/mol. The molecule has 24 heavy (non-hydrogen) atoms. The Bertz CT molecular complexity index is 586. The number of hydrogen-bond donors (Lipinski definition) is 2. The summed E-state index contributed by atoms with van der Waals surface area (Å²) in [4.78, 5) is 23.2. The Morgan fingerprint density at radius 3 is 2.25 bits per heavy atom. The van der Waals surface area contributed by atoms with Crippen LogP contribution in [0.4, 0.5) is 18.0 Å². The Balaban J connectivity index is 2.51. The second kappa shape index (κ2) is 8.27. The quantitative estimate of drug-likeness (QED) is 0.619. The second-order valence-electron chi connectivity index (χ2n) is 5.73. The van der Waals surface area contributed by atoms with Crippen molar-refractivity contribution in [1.29, 1.82) is 0 Å². The molecule has 0 aliphatic rings. The van der Waals surface area contributed by atoms with Gasteiger partial charge in [0, 0.05) is 18.0 Å². The van der Waals surface area contributed by atoms with Crippen molar-refractivity contribution in [2.45, 2.75) is 36.8 Å². The van der Waals surface area contributed by atoms with Gasteiger partial charge in [0.15, 0.2) is 0 Å². The van der Waals surface area contributed by atoms with Gasteiger partial charge >= 0.3 is 11.6 Å². The van der Waals surface area contributed by atoms with Crippen molar-refractivity contribution in [3.8, 4) is 0 Å². The monoisotopic (exact) mass is 364 g/mol. The summed E-state index contributed by atoms with van der Waals surface area (Å²) < 4.78 is 42.5. The van der Waals surface area contributed by atoms with Gasteiger partial charge < -0.3 is 15.4 Å². The molecule has 0 aromatic heterocycles. The number of rotatable bonds is 5. The van der Waals surface area contributed by atoms with E-state index in [1.54, 1.807) is 20.8 Å². The van der Waals surface area contributed by atoms with Gasteiger partial charge in [-0.1, -0.05) is 12.1 Å². The van der Waals surface area contributed by atoms with Crippen LogP contribution in [0.1, 0.15) is 31.1 Å². The molecule has 5 nitrogen and oxygen atoms in total. The fourth-order valence-corrected chi connectivity index (χ4v) is 2.28. The first-order valence-corrected chi connectivity index (χ1v) is 7.89. The zero-order valence-corrected chi connectivity index (χ0v) is 14.3. The number of benzene rings is 1. The molecule has 1 rings (SSSR count). The smallest absolute Gasteiger partial charge is 0.444 e. The average molecular weight is 364 g/mol. The van der Waals surface area contributed by atoms with E-state index in [2.05, 4.69) is 10.6 Å². The zero-order valence-electron chi connectivity index (χ0n) is 13.5. The summed E-state index contributed by atoms with van der Waals surface area (Å²) in [5.74, 6) is -0.645. The Morgan fingerprint density at radius 2 is 1.67 bits per heavy atom. The summed E-state index contributed by atoms with van der Waals surface area (Å²) in [6.07, 6.45) is -0.634. The minimum atomic E-state index is -4.48. The molecule has 0 bridgehead atoms. The topological polar surface area (TPSA) is 67.4 Å². The first kappa shape index (κ1) is 20.1. The van der Waals surface area contributed by atoms with Crippen LogP contribution in [-0.4, -0.2) is 36.2 Å². The van der Waals surface area contributed by atoms with E-state index >= 15 is 0 Å². The van der Waals surface area contributed by atoms with Gasteiger partial charge in [-0.2, -0.15) is 13.2 Å². The molecule has 134 valence electrons. The molecule has 0 unspecified atom stereocenters. The number of amides is 2. The number of halogens is 3. The highest BCUT2D eigenvalue weighted by Gasteiger charge is 2.31. The van der Waals surface area contributed by atoms with Gasteiger partial charge in [-0.3, -0.25) is 4.79 Å². The third-order valence-corrected chi connectivity index (χ3v) is 3.24. The van der Waals surface area contributed by atoms with Gasteiger partial charge in [0.05, 0.1) is 5.56 Å². The van der Waals surface area contributed by atoms with Crippen molar-refractivity contribution >= 4 is 23.8 Å². The predicted octanol–water partition coefficient (Wildman–Crippen LogP) is 3.55. The number of carbonyl (C=O) groups is 2. The molecule has 2 N–H and O–H groups in total. The van der Waals surface area contributed by atoms with E-state index in [1.165, 1.54) is 24.3 Å². The number of thioether (sulfide) groups is 1. The second-order valence-corrected chi connectivity index (χ2v) is 6.84. The van der Waals surface area contributed by atoms with Crippen LogP contribution < -0.4 is 10.6 Å². The van der Waals surface area contributed by atoms with Crippen molar-refractivity contribution in [2.75, 3.05) is 13.1 Å². The molecule has 0 heterocycles. The number of carbonyl (C=O) groups excluding carboxylic acids is 2. The summed E-state index contributed by atoms with van der Waals surface area (Å²) >= 11 is -0.344. The van der Waals surface area contributed by atoms with Crippen LogP contribution in [0, 0.1) is 0 Å². The summed E-state index contributed by atoms with van der Waals surface area (Å²) in [5.41, 5.74) is -5.19. The van der Waals surface area contributed by atoms with E-state index in [9.17, 15) is 22.8 Å². The Kier molecular flexibility index (Phi) is 6.94. The molecule has 9 heteroatoms. The molecule has 2 amide bonds. The normalized spacial score (nSPS) is 11.8. The van der Waals surface area contributed by atoms with Crippen molar-refractivity contribution < 1.29 is 27.5 Å². The Labute approximate surface area is 142 Å². The van der Waals surface area contributed by atoms with Crippen LogP contribution in [0.3, 0.4) is 0 Å².